The maximum absolute atomic E-state index is 12.6. The Labute approximate surface area is 189 Å². The second kappa shape index (κ2) is 9.36. The first kappa shape index (κ1) is 21.1. The number of para-hydroxylation sites is 1. The molecule has 4 aromatic rings. The summed E-state index contributed by atoms with van der Waals surface area (Å²) in [5, 5.41) is 7.82. The molecule has 7 nitrogen and oxygen atoms in total. The molecule has 0 saturated carbocycles. The number of carbonyl (C=O) groups is 2. The van der Waals surface area contributed by atoms with Crippen molar-refractivity contribution >= 4 is 29.2 Å². The van der Waals surface area contributed by atoms with E-state index in [-0.39, 0.29) is 17.9 Å². The van der Waals surface area contributed by atoms with Gasteiger partial charge in [0.25, 0.3) is 11.8 Å². The maximum atomic E-state index is 12.6. The van der Waals surface area contributed by atoms with Crippen molar-refractivity contribution in [1.29, 1.82) is 0 Å². The Morgan fingerprint density at radius 2 is 1.66 bits per heavy atom. The van der Waals surface area contributed by atoms with Gasteiger partial charge in [-0.3, -0.25) is 9.59 Å². The fourth-order valence-electron chi connectivity index (χ4n) is 3.13. The fourth-order valence-corrected chi connectivity index (χ4v) is 3.30. The van der Waals surface area contributed by atoms with Crippen molar-refractivity contribution in [2.75, 3.05) is 11.9 Å². The number of aromatic nitrogens is 2. The number of primary amides is 1. The molecule has 0 spiro atoms. The third kappa shape index (κ3) is 4.79. The highest BCUT2D eigenvalue weighted by atomic mass is 35.5. The molecule has 1 heterocycles. The van der Waals surface area contributed by atoms with Crippen LogP contribution in [0.3, 0.4) is 0 Å². The summed E-state index contributed by atoms with van der Waals surface area (Å²) in [7, 11) is 0. The molecule has 1 aromatic heterocycles. The van der Waals surface area contributed by atoms with Gasteiger partial charge >= 0.3 is 0 Å². The normalized spacial score (nSPS) is 10.5. The average Bonchev–Trinajstić information content (AvgIpc) is 3.23. The minimum atomic E-state index is -0.697. The molecule has 2 amide bonds. The number of carbonyl (C=O) groups excluding carboxylic acids is 2. The zero-order chi connectivity index (χ0) is 22.5. The Kier molecular flexibility index (Phi) is 6.19. The van der Waals surface area contributed by atoms with Crippen molar-refractivity contribution in [3.05, 3.63) is 95.5 Å². The number of nitrogens with zero attached hydrogens (tertiary/aromatic N) is 2. The Balaban J connectivity index is 1.56. The number of hydrogen-bond donors (Lipinski definition) is 2. The summed E-state index contributed by atoms with van der Waals surface area (Å²) in [5.41, 5.74) is 7.89. The predicted octanol–water partition coefficient (Wildman–Crippen LogP) is 4.31. The molecule has 0 aliphatic heterocycles. The molecule has 32 heavy (non-hydrogen) atoms. The van der Waals surface area contributed by atoms with Gasteiger partial charge in [-0.1, -0.05) is 60.1 Å². The van der Waals surface area contributed by atoms with E-state index in [1.807, 2.05) is 60.7 Å². The number of anilines is 1. The molecule has 0 aliphatic rings. The number of amides is 2. The van der Waals surface area contributed by atoms with Crippen LogP contribution in [0, 0.1) is 0 Å². The first-order valence-corrected chi connectivity index (χ1v) is 10.1. The molecule has 0 bridgehead atoms. The average molecular weight is 447 g/mol. The zero-order valence-corrected chi connectivity index (χ0v) is 17.6. The molecule has 4 rings (SSSR count). The molecule has 0 fully saturated rings. The summed E-state index contributed by atoms with van der Waals surface area (Å²) < 4.78 is 7.17. The summed E-state index contributed by atoms with van der Waals surface area (Å²) >= 11 is 5.91. The van der Waals surface area contributed by atoms with Gasteiger partial charge in [-0.15, -0.1) is 0 Å². The lowest BCUT2D eigenvalue weighted by atomic mass is 10.2. The number of nitrogens with one attached hydrogen (secondary N) is 1. The minimum absolute atomic E-state index is 0.103. The van der Waals surface area contributed by atoms with Gasteiger partial charge in [-0.2, -0.15) is 5.10 Å². The summed E-state index contributed by atoms with van der Waals surface area (Å²) in [6.45, 7) is -0.331. The van der Waals surface area contributed by atoms with Crippen LogP contribution in [-0.4, -0.2) is 28.2 Å². The van der Waals surface area contributed by atoms with Crippen LogP contribution in [0.15, 0.2) is 84.9 Å². The molecule has 0 atom stereocenters. The predicted molar refractivity (Wildman–Crippen MR) is 123 cm³/mol. The van der Waals surface area contributed by atoms with E-state index in [4.69, 9.17) is 22.1 Å². The topological polar surface area (TPSA) is 99.2 Å². The lowest BCUT2D eigenvalue weighted by molar-refractivity contribution is -0.118. The second-order valence-corrected chi connectivity index (χ2v) is 7.31. The standard InChI is InChI=1S/C24H19ClN4O3/c25-17-11-12-21(19(13-17)24(26)31)32-15-23(30)27-22-14-20(16-7-3-1-4-8-16)28-29(22)18-9-5-2-6-10-18/h1-14H,15H2,(H2,26,31)(H,27,30). The van der Waals surface area contributed by atoms with E-state index in [9.17, 15) is 9.59 Å². The van der Waals surface area contributed by atoms with E-state index >= 15 is 0 Å². The Morgan fingerprint density at radius 1 is 0.969 bits per heavy atom. The zero-order valence-electron chi connectivity index (χ0n) is 16.9. The van der Waals surface area contributed by atoms with Gasteiger partial charge in [-0.25, -0.2) is 4.68 Å². The van der Waals surface area contributed by atoms with Crippen LogP contribution in [0.2, 0.25) is 5.02 Å². The van der Waals surface area contributed by atoms with Gasteiger partial charge in [0, 0.05) is 16.7 Å². The molecule has 0 unspecified atom stereocenters. The van der Waals surface area contributed by atoms with Gasteiger partial charge in [0.05, 0.1) is 16.9 Å². The van der Waals surface area contributed by atoms with Crippen LogP contribution in [0.4, 0.5) is 5.82 Å². The summed E-state index contributed by atoms with van der Waals surface area (Å²) in [6, 6.07) is 25.4. The summed E-state index contributed by atoms with van der Waals surface area (Å²) in [5.74, 6) is -0.460. The van der Waals surface area contributed by atoms with E-state index in [0.29, 0.717) is 16.5 Å². The first-order valence-electron chi connectivity index (χ1n) is 9.74. The SMILES string of the molecule is NC(=O)c1cc(Cl)ccc1OCC(=O)Nc1cc(-c2ccccc2)nn1-c1ccccc1. The molecular weight excluding hydrogens is 428 g/mol. The summed E-state index contributed by atoms with van der Waals surface area (Å²) in [6.07, 6.45) is 0. The van der Waals surface area contributed by atoms with Crippen molar-refractivity contribution in [1.82, 2.24) is 9.78 Å². The molecule has 0 radical (unpaired) electrons. The van der Waals surface area contributed by atoms with Crippen molar-refractivity contribution in [3.8, 4) is 22.7 Å². The van der Waals surface area contributed by atoms with Crippen molar-refractivity contribution in [2.45, 2.75) is 0 Å². The molecule has 3 aromatic carbocycles. The van der Waals surface area contributed by atoms with Crippen LogP contribution in [-0.2, 0) is 4.79 Å². The van der Waals surface area contributed by atoms with Gasteiger partial charge in [0.1, 0.15) is 11.6 Å². The smallest absolute Gasteiger partial charge is 0.263 e. The number of rotatable bonds is 7. The van der Waals surface area contributed by atoms with Crippen molar-refractivity contribution < 1.29 is 14.3 Å². The monoisotopic (exact) mass is 446 g/mol. The highest BCUT2D eigenvalue weighted by molar-refractivity contribution is 6.31. The molecule has 160 valence electrons. The van der Waals surface area contributed by atoms with Gasteiger partial charge in [0.2, 0.25) is 0 Å². The van der Waals surface area contributed by atoms with Crippen LogP contribution < -0.4 is 15.8 Å². The molecular formula is C24H19ClN4O3. The third-order valence-electron chi connectivity index (χ3n) is 4.61. The third-order valence-corrected chi connectivity index (χ3v) is 4.85. The van der Waals surface area contributed by atoms with Crippen molar-refractivity contribution in [3.63, 3.8) is 0 Å². The van der Waals surface area contributed by atoms with Crippen LogP contribution in [0.1, 0.15) is 10.4 Å². The van der Waals surface area contributed by atoms with E-state index in [0.717, 1.165) is 11.3 Å². The van der Waals surface area contributed by atoms with E-state index < -0.39 is 11.8 Å². The van der Waals surface area contributed by atoms with Crippen molar-refractivity contribution in [2.24, 2.45) is 5.73 Å². The number of halogens is 1. The number of hydrogen-bond acceptors (Lipinski definition) is 4. The quantitative estimate of drug-likeness (QED) is 0.442. The summed E-state index contributed by atoms with van der Waals surface area (Å²) in [4.78, 5) is 24.3. The van der Waals surface area contributed by atoms with E-state index in [1.54, 1.807) is 16.8 Å². The largest absolute Gasteiger partial charge is 0.483 e. The Morgan fingerprint density at radius 3 is 2.34 bits per heavy atom. The second-order valence-electron chi connectivity index (χ2n) is 6.87. The minimum Gasteiger partial charge on any atom is -0.483 e. The van der Waals surface area contributed by atoms with E-state index in [2.05, 4.69) is 10.4 Å². The molecule has 3 N–H and O–H groups in total. The first-order chi connectivity index (χ1) is 15.5. The maximum Gasteiger partial charge on any atom is 0.263 e. The molecule has 8 heteroatoms. The lowest BCUT2D eigenvalue weighted by Gasteiger charge is -2.11. The molecule has 0 saturated heterocycles. The fraction of sp³-hybridized carbons (Fsp3) is 0.0417. The number of ether oxygens (including phenoxy) is 1. The van der Waals surface area contributed by atoms with Crippen LogP contribution in [0.5, 0.6) is 5.75 Å². The Bertz CT molecular complexity index is 1260. The lowest BCUT2D eigenvalue weighted by Crippen LogP contribution is -2.23. The van der Waals surface area contributed by atoms with Crippen LogP contribution >= 0.6 is 11.6 Å². The number of benzene rings is 3. The van der Waals surface area contributed by atoms with E-state index in [1.165, 1.54) is 12.1 Å². The number of nitrogens with two attached hydrogens (primary N) is 1. The van der Waals surface area contributed by atoms with Gasteiger partial charge in [-0.05, 0) is 30.3 Å². The van der Waals surface area contributed by atoms with Gasteiger partial charge < -0.3 is 15.8 Å². The van der Waals surface area contributed by atoms with Gasteiger partial charge in [0.15, 0.2) is 6.61 Å². The highest BCUT2D eigenvalue weighted by Gasteiger charge is 2.16. The Hall–Kier alpha value is -4.10. The highest BCUT2D eigenvalue weighted by Crippen LogP contribution is 2.25. The molecule has 0 aliphatic carbocycles. The van der Waals surface area contributed by atoms with Crippen LogP contribution in [0.25, 0.3) is 16.9 Å².